The molecule has 0 N–H and O–H groups in total. The Bertz CT molecular complexity index is 494. The predicted octanol–water partition coefficient (Wildman–Crippen LogP) is 2.54. The normalized spacial score (nSPS) is 14.5. The van der Waals surface area contributed by atoms with E-state index in [-0.39, 0.29) is 11.8 Å². The van der Waals surface area contributed by atoms with Crippen molar-refractivity contribution in [3.8, 4) is 0 Å². The van der Waals surface area contributed by atoms with Gasteiger partial charge in [-0.05, 0) is 29.7 Å². The van der Waals surface area contributed by atoms with Gasteiger partial charge in [0.25, 0.3) is 11.8 Å². The summed E-state index contributed by atoms with van der Waals surface area (Å²) in [6, 6.07) is 7.28. The molecule has 86 valence electrons. The number of benzene rings is 1. The fraction of sp³-hybridized carbons (Fsp3) is 0.143. The summed E-state index contributed by atoms with van der Waals surface area (Å²) in [6.45, 7) is 5.98. The number of amides is 2. The Morgan fingerprint density at radius 3 is 2.12 bits per heavy atom. The van der Waals surface area contributed by atoms with Crippen molar-refractivity contribution < 1.29 is 9.59 Å². The van der Waals surface area contributed by atoms with Crippen LogP contribution in [-0.4, -0.2) is 11.8 Å². The first-order valence-electron chi connectivity index (χ1n) is 5.48. The van der Waals surface area contributed by atoms with Gasteiger partial charge in [-0.1, -0.05) is 25.6 Å². The second-order valence-corrected chi connectivity index (χ2v) is 3.85. The number of rotatable bonds is 3. The molecule has 1 aliphatic rings. The van der Waals surface area contributed by atoms with E-state index in [0.717, 1.165) is 22.5 Å². The molecule has 2 amide bonds. The number of hydrogen-bond donors (Lipinski definition) is 0. The second-order valence-electron chi connectivity index (χ2n) is 3.85. The van der Waals surface area contributed by atoms with Crippen molar-refractivity contribution in [3.05, 3.63) is 48.6 Å². The fourth-order valence-corrected chi connectivity index (χ4v) is 1.71. The van der Waals surface area contributed by atoms with Gasteiger partial charge >= 0.3 is 0 Å². The number of hydrogen-bond acceptors (Lipinski definition) is 2. The summed E-state index contributed by atoms with van der Waals surface area (Å²) < 4.78 is 0. The zero-order valence-corrected chi connectivity index (χ0v) is 9.64. The van der Waals surface area contributed by atoms with Gasteiger partial charge in [0.15, 0.2) is 0 Å². The second kappa shape index (κ2) is 4.37. The lowest BCUT2D eigenvalue weighted by Crippen LogP contribution is -2.29. The van der Waals surface area contributed by atoms with Crippen molar-refractivity contribution in [1.82, 2.24) is 0 Å². The Balaban J connectivity index is 2.27. The molecule has 1 aromatic carbocycles. The topological polar surface area (TPSA) is 37.4 Å². The van der Waals surface area contributed by atoms with Gasteiger partial charge in [0.1, 0.15) is 0 Å². The zero-order chi connectivity index (χ0) is 12.4. The van der Waals surface area contributed by atoms with Crippen LogP contribution in [0.3, 0.4) is 0 Å². The smallest absolute Gasteiger partial charge is 0.258 e. The molecule has 1 aromatic rings. The van der Waals surface area contributed by atoms with Crippen LogP contribution >= 0.6 is 0 Å². The Labute approximate surface area is 100 Å². The van der Waals surface area contributed by atoms with Crippen molar-refractivity contribution in [2.24, 2.45) is 0 Å². The Morgan fingerprint density at radius 2 is 1.65 bits per heavy atom. The van der Waals surface area contributed by atoms with E-state index in [1.807, 2.05) is 19.1 Å². The minimum atomic E-state index is -0.294. The summed E-state index contributed by atoms with van der Waals surface area (Å²) in [5.74, 6) is -0.589. The molecule has 0 saturated heterocycles. The highest BCUT2D eigenvalue weighted by Gasteiger charge is 2.24. The quantitative estimate of drug-likeness (QED) is 0.744. The number of imide groups is 1. The minimum Gasteiger partial charge on any atom is -0.269 e. The molecule has 0 bridgehead atoms. The van der Waals surface area contributed by atoms with Crippen molar-refractivity contribution in [2.45, 2.75) is 13.3 Å². The minimum absolute atomic E-state index is 0.294. The van der Waals surface area contributed by atoms with Crippen LogP contribution in [0.4, 0.5) is 5.69 Å². The average molecular weight is 227 g/mol. The number of allylic oxidation sites excluding steroid dienone is 1. The van der Waals surface area contributed by atoms with Crippen LogP contribution in [0.2, 0.25) is 0 Å². The molecule has 0 aromatic heterocycles. The van der Waals surface area contributed by atoms with E-state index in [0.29, 0.717) is 5.69 Å². The number of anilines is 1. The number of nitrogens with zero attached hydrogens (tertiary/aromatic N) is 1. The summed E-state index contributed by atoms with van der Waals surface area (Å²) in [4.78, 5) is 24.1. The predicted molar refractivity (Wildman–Crippen MR) is 67.4 cm³/mol. The number of carbonyl (C=O) groups is 2. The maximum absolute atomic E-state index is 11.5. The van der Waals surface area contributed by atoms with Gasteiger partial charge in [0.2, 0.25) is 0 Å². The summed E-state index contributed by atoms with van der Waals surface area (Å²) in [6.07, 6.45) is 3.44. The molecule has 0 atom stereocenters. The molecule has 3 nitrogen and oxygen atoms in total. The largest absolute Gasteiger partial charge is 0.269 e. The third-order valence-electron chi connectivity index (χ3n) is 2.77. The van der Waals surface area contributed by atoms with E-state index in [2.05, 4.69) is 6.58 Å². The molecule has 17 heavy (non-hydrogen) atoms. The van der Waals surface area contributed by atoms with Crippen LogP contribution in [0.15, 0.2) is 43.0 Å². The van der Waals surface area contributed by atoms with Gasteiger partial charge in [-0.15, -0.1) is 0 Å². The first-order chi connectivity index (χ1) is 8.13. The van der Waals surface area contributed by atoms with Gasteiger partial charge in [-0.25, -0.2) is 4.90 Å². The van der Waals surface area contributed by atoms with E-state index >= 15 is 0 Å². The lowest BCUT2D eigenvalue weighted by molar-refractivity contribution is -0.119. The maximum atomic E-state index is 11.5. The van der Waals surface area contributed by atoms with Crippen LogP contribution in [0, 0.1) is 0 Å². The SMILES string of the molecule is C=C(CC)c1ccc(N2C(=O)C=CC2=O)cc1. The van der Waals surface area contributed by atoms with Gasteiger partial charge in [-0.2, -0.15) is 0 Å². The van der Waals surface area contributed by atoms with E-state index in [4.69, 9.17) is 0 Å². The van der Waals surface area contributed by atoms with Crippen molar-refractivity contribution >= 4 is 23.1 Å². The van der Waals surface area contributed by atoms with E-state index in [1.54, 1.807) is 12.1 Å². The van der Waals surface area contributed by atoms with E-state index < -0.39 is 0 Å². The van der Waals surface area contributed by atoms with Crippen molar-refractivity contribution in [3.63, 3.8) is 0 Å². The van der Waals surface area contributed by atoms with Crippen LogP contribution < -0.4 is 4.90 Å². The highest BCUT2D eigenvalue weighted by Crippen LogP contribution is 2.22. The molecular weight excluding hydrogens is 214 g/mol. The Kier molecular flexibility index (Phi) is 2.91. The van der Waals surface area contributed by atoms with Crippen LogP contribution in [0.1, 0.15) is 18.9 Å². The molecule has 1 aliphatic heterocycles. The van der Waals surface area contributed by atoms with Gasteiger partial charge < -0.3 is 0 Å². The summed E-state index contributed by atoms with van der Waals surface area (Å²) in [5, 5.41) is 0. The van der Waals surface area contributed by atoms with E-state index in [1.165, 1.54) is 12.2 Å². The lowest BCUT2D eigenvalue weighted by atomic mass is 10.1. The average Bonchev–Trinajstić information content (AvgIpc) is 2.68. The maximum Gasteiger partial charge on any atom is 0.258 e. The molecule has 0 aliphatic carbocycles. The van der Waals surface area contributed by atoms with Gasteiger partial charge in [0.05, 0.1) is 5.69 Å². The molecule has 2 rings (SSSR count). The summed E-state index contributed by atoms with van der Waals surface area (Å²) >= 11 is 0. The monoisotopic (exact) mass is 227 g/mol. The molecule has 3 heteroatoms. The van der Waals surface area contributed by atoms with Crippen LogP contribution in [0.25, 0.3) is 5.57 Å². The highest BCUT2D eigenvalue weighted by atomic mass is 16.2. The standard InChI is InChI=1S/C14H13NO2/c1-3-10(2)11-4-6-12(7-5-11)15-13(16)8-9-14(15)17/h4-9H,2-3H2,1H3. The summed E-state index contributed by atoms with van der Waals surface area (Å²) in [5.41, 5.74) is 2.66. The molecule has 1 heterocycles. The Hall–Kier alpha value is -2.16. The van der Waals surface area contributed by atoms with Crippen molar-refractivity contribution in [2.75, 3.05) is 4.90 Å². The molecule has 0 fully saturated rings. The lowest BCUT2D eigenvalue weighted by Gasteiger charge is -2.14. The molecule has 0 spiro atoms. The third-order valence-corrected chi connectivity index (χ3v) is 2.77. The van der Waals surface area contributed by atoms with Crippen molar-refractivity contribution in [1.29, 1.82) is 0 Å². The van der Waals surface area contributed by atoms with Crippen LogP contribution in [-0.2, 0) is 9.59 Å². The molecule has 0 unspecified atom stereocenters. The van der Waals surface area contributed by atoms with Gasteiger partial charge in [-0.3, -0.25) is 9.59 Å². The van der Waals surface area contributed by atoms with Gasteiger partial charge in [0, 0.05) is 12.2 Å². The van der Waals surface area contributed by atoms with Crippen LogP contribution in [0.5, 0.6) is 0 Å². The summed E-state index contributed by atoms with van der Waals surface area (Å²) in [7, 11) is 0. The molecular formula is C14H13NO2. The molecule has 0 saturated carbocycles. The zero-order valence-electron chi connectivity index (χ0n) is 9.64. The first-order valence-corrected chi connectivity index (χ1v) is 5.48. The third kappa shape index (κ3) is 2.04. The number of carbonyl (C=O) groups excluding carboxylic acids is 2. The fourth-order valence-electron chi connectivity index (χ4n) is 1.71. The molecule has 0 radical (unpaired) electrons. The highest BCUT2D eigenvalue weighted by molar-refractivity contribution is 6.28. The first kappa shape index (κ1) is 11.3. The Morgan fingerprint density at radius 1 is 1.12 bits per heavy atom. The van der Waals surface area contributed by atoms with E-state index in [9.17, 15) is 9.59 Å².